The highest BCUT2D eigenvalue weighted by atomic mass is 79.9. The monoisotopic (exact) mass is 424 g/mol. The zero-order chi connectivity index (χ0) is 19.1. The number of aromatic nitrogens is 4. The van der Waals surface area contributed by atoms with Crippen molar-refractivity contribution in [3.63, 3.8) is 0 Å². The third-order valence-corrected chi connectivity index (χ3v) is 3.98. The minimum Gasteiger partial charge on any atom is -0.436 e. The van der Waals surface area contributed by atoms with Crippen molar-refractivity contribution in [2.45, 2.75) is 32.9 Å². The molecule has 1 atom stereocenters. The first-order chi connectivity index (χ1) is 12.3. The maximum atomic E-state index is 12.7. The molecule has 0 spiro atoms. The zero-order valence-electron chi connectivity index (χ0n) is 14.8. The average molecular weight is 425 g/mol. The molecule has 0 unspecified atom stereocenters. The summed E-state index contributed by atoms with van der Waals surface area (Å²) in [6.45, 7) is 4.10. The number of H-pyrrole nitrogens is 1. The summed E-state index contributed by atoms with van der Waals surface area (Å²) in [4.78, 5) is 26.3. The number of nitrogens with zero attached hydrogens (tertiary/aromatic N) is 4. The lowest BCUT2D eigenvalue weighted by atomic mass is 10.1. The first-order valence-corrected chi connectivity index (χ1v) is 8.85. The summed E-state index contributed by atoms with van der Waals surface area (Å²) >= 11 is 3.33. The van der Waals surface area contributed by atoms with Crippen LogP contribution in [0.25, 0.3) is 0 Å². The summed E-state index contributed by atoms with van der Waals surface area (Å²) in [7, 11) is 1.61. The number of ether oxygens (including phenoxy) is 1. The number of tetrazole rings is 1. The summed E-state index contributed by atoms with van der Waals surface area (Å²) < 4.78 is 6.28. The van der Waals surface area contributed by atoms with Crippen molar-refractivity contribution in [3.05, 3.63) is 34.6 Å². The lowest BCUT2D eigenvalue weighted by Gasteiger charge is -2.24. The van der Waals surface area contributed by atoms with Crippen LogP contribution >= 0.6 is 15.9 Å². The topological polar surface area (TPSA) is 113 Å². The van der Waals surface area contributed by atoms with E-state index in [4.69, 9.17) is 4.74 Å². The summed E-state index contributed by atoms with van der Waals surface area (Å²) in [6.07, 6.45) is -1.17. The van der Waals surface area contributed by atoms with Gasteiger partial charge in [0.2, 0.25) is 0 Å². The molecular weight excluding hydrogens is 404 g/mol. The van der Waals surface area contributed by atoms with E-state index in [1.165, 1.54) is 4.90 Å². The maximum Gasteiger partial charge on any atom is 0.412 e. The predicted molar refractivity (Wildman–Crippen MR) is 98.1 cm³/mol. The Morgan fingerprint density at radius 2 is 2.00 bits per heavy atom. The Morgan fingerprint density at radius 1 is 1.31 bits per heavy atom. The van der Waals surface area contributed by atoms with Gasteiger partial charge >= 0.3 is 6.09 Å². The smallest absolute Gasteiger partial charge is 0.412 e. The molecule has 2 rings (SSSR count). The minimum atomic E-state index is -0.897. The van der Waals surface area contributed by atoms with E-state index in [1.807, 2.05) is 13.8 Å². The van der Waals surface area contributed by atoms with Crippen LogP contribution in [0, 0.1) is 5.92 Å². The molecule has 0 aliphatic carbocycles. The fourth-order valence-corrected chi connectivity index (χ4v) is 2.50. The molecule has 2 aromatic rings. The Labute approximate surface area is 159 Å². The number of aromatic amines is 1. The first kappa shape index (κ1) is 19.8. The Balaban J connectivity index is 1.99. The van der Waals surface area contributed by atoms with Crippen molar-refractivity contribution in [1.29, 1.82) is 0 Å². The van der Waals surface area contributed by atoms with Gasteiger partial charge in [0.1, 0.15) is 0 Å². The van der Waals surface area contributed by atoms with Gasteiger partial charge in [-0.2, -0.15) is 0 Å². The normalized spacial score (nSPS) is 11.9. The quantitative estimate of drug-likeness (QED) is 0.705. The predicted octanol–water partition coefficient (Wildman–Crippen LogP) is 2.58. The number of rotatable bonds is 7. The fraction of sp³-hybridized carbons (Fsp3) is 0.438. The van der Waals surface area contributed by atoms with Crippen LogP contribution in [-0.4, -0.2) is 50.7 Å². The van der Waals surface area contributed by atoms with Crippen LogP contribution in [0.5, 0.6) is 0 Å². The van der Waals surface area contributed by atoms with E-state index in [-0.39, 0.29) is 18.4 Å². The van der Waals surface area contributed by atoms with Crippen LogP contribution in [0.1, 0.15) is 26.1 Å². The van der Waals surface area contributed by atoms with E-state index < -0.39 is 12.2 Å². The Hall–Kier alpha value is -2.49. The van der Waals surface area contributed by atoms with E-state index in [0.29, 0.717) is 17.9 Å². The third-order valence-electron chi connectivity index (χ3n) is 3.45. The highest BCUT2D eigenvalue weighted by Crippen LogP contribution is 2.16. The number of anilines is 1. The number of halogens is 1. The lowest BCUT2D eigenvalue weighted by Crippen LogP contribution is -2.40. The van der Waals surface area contributed by atoms with Gasteiger partial charge in [-0.3, -0.25) is 10.1 Å². The van der Waals surface area contributed by atoms with Crippen LogP contribution in [0.2, 0.25) is 0 Å². The van der Waals surface area contributed by atoms with Crippen molar-refractivity contribution in [3.8, 4) is 0 Å². The molecule has 2 N–H and O–H groups in total. The molecule has 1 aromatic heterocycles. The van der Waals surface area contributed by atoms with Crippen molar-refractivity contribution in [1.82, 2.24) is 25.5 Å². The van der Waals surface area contributed by atoms with Crippen LogP contribution in [0.3, 0.4) is 0 Å². The van der Waals surface area contributed by atoms with Gasteiger partial charge in [0.05, 0.1) is 6.54 Å². The minimum absolute atomic E-state index is 0.171. The van der Waals surface area contributed by atoms with E-state index in [2.05, 4.69) is 41.9 Å². The highest BCUT2D eigenvalue weighted by molar-refractivity contribution is 9.10. The van der Waals surface area contributed by atoms with Gasteiger partial charge in [0.25, 0.3) is 5.91 Å². The van der Waals surface area contributed by atoms with E-state index in [1.54, 1.807) is 31.3 Å². The van der Waals surface area contributed by atoms with Gasteiger partial charge in [-0.1, -0.05) is 29.8 Å². The number of benzene rings is 1. The molecular formula is C16H21BrN6O3. The highest BCUT2D eigenvalue weighted by Gasteiger charge is 2.27. The van der Waals surface area contributed by atoms with Crippen LogP contribution in [0.4, 0.5) is 10.5 Å². The molecule has 0 bridgehead atoms. The molecule has 0 saturated heterocycles. The molecule has 0 radical (unpaired) electrons. The maximum absolute atomic E-state index is 12.7. The van der Waals surface area contributed by atoms with Crippen LogP contribution in [0.15, 0.2) is 28.7 Å². The van der Waals surface area contributed by atoms with E-state index >= 15 is 0 Å². The van der Waals surface area contributed by atoms with Gasteiger partial charge in [-0.15, -0.1) is 5.10 Å². The Kier molecular flexibility index (Phi) is 7.07. The summed E-state index contributed by atoms with van der Waals surface area (Å²) in [5, 5.41) is 15.9. The number of carbonyl (C=O) groups excluding carboxylic acids is 2. The second-order valence-electron chi connectivity index (χ2n) is 6.20. The molecule has 10 heteroatoms. The number of likely N-dealkylation sites (N-methyl/N-ethyl adjacent to an activating group) is 1. The molecule has 140 valence electrons. The molecule has 0 aliphatic heterocycles. The standard InChI is InChI=1S/C16H21BrN6O3/c1-10(2)8-13(15(24)23(3)9-14-19-21-22-20-14)26-16(25)18-12-6-4-11(17)5-7-12/h4-7,10,13H,8-9H2,1-3H3,(H,18,25)(H,19,20,21,22)/t13-/m0/s1. The van der Waals surface area contributed by atoms with E-state index in [0.717, 1.165) is 4.47 Å². The molecule has 9 nitrogen and oxygen atoms in total. The van der Waals surface area contributed by atoms with Crippen LogP contribution < -0.4 is 5.32 Å². The summed E-state index contributed by atoms with van der Waals surface area (Å²) in [5.41, 5.74) is 0.579. The molecule has 0 aliphatic rings. The van der Waals surface area contributed by atoms with Gasteiger partial charge in [-0.25, -0.2) is 9.89 Å². The number of carbonyl (C=O) groups is 2. The molecule has 1 heterocycles. The lowest BCUT2D eigenvalue weighted by molar-refractivity contribution is -0.140. The third kappa shape index (κ3) is 6.10. The summed E-state index contributed by atoms with van der Waals surface area (Å²) in [5.74, 6) is 0.300. The first-order valence-electron chi connectivity index (χ1n) is 8.06. The van der Waals surface area contributed by atoms with Gasteiger partial charge in [0, 0.05) is 17.2 Å². The van der Waals surface area contributed by atoms with Crippen molar-refractivity contribution >= 4 is 33.6 Å². The van der Waals surface area contributed by atoms with Gasteiger partial charge < -0.3 is 9.64 Å². The molecule has 0 fully saturated rings. The second kappa shape index (κ2) is 9.27. The van der Waals surface area contributed by atoms with Gasteiger partial charge in [0.15, 0.2) is 11.9 Å². The van der Waals surface area contributed by atoms with E-state index in [9.17, 15) is 9.59 Å². The van der Waals surface area contributed by atoms with Crippen molar-refractivity contribution in [2.75, 3.05) is 12.4 Å². The number of hydrogen-bond acceptors (Lipinski definition) is 6. The number of nitrogens with one attached hydrogen (secondary N) is 2. The van der Waals surface area contributed by atoms with Crippen LogP contribution in [-0.2, 0) is 16.1 Å². The molecule has 26 heavy (non-hydrogen) atoms. The zero-order valence-corrected chi connectivity index (χ0v) is 16.4. The number of amides is 2. The van der Waals surface area contributed by atoms with Gasteiger partial charge in [-0.05, 0) is 47.0 Å². The SMILES string of the molecule is CC(C)C[C@H](OC(=O)Nc1ccc(Br)cc1)C(=O)N(C)Cc1nnn[nH]1. The average Bonchev–Trinajstić information content (AvgIpc) is 3.08. The van der Waals surface area contributed by atoms with Crippen molar-refractivity contribution < 1.29 is 14.3 Å². The Morgan fingerprint density at radius 3 is 2.58 bits per heavy atom. The summed E-state index contributed by atoms with van der Waals surface area (Å²) in [6, 6.07) is 7.05. The second-order valence-corrected chi connectivity index (χ2v) is 7.11. The Bertz CT molecular complexity index is 720. The largest absolute Gasteiger partial charge is 0.436 e. The molecule has 2 amide bonds. The van der Waals surface area contributed by atoms with Crippen molar-refractivity contribution in [2.24, 2.45) is 5.92 Å². The number of hydrogen-bond donors (Lipinski definition) is 2. The molecule has 1 aromatic carbocycles. The fourth-order valence-electron chi connectivity index (χ4n) is 2.23. The molecule has 0 saturated carbocycles.